The van der Waals surface area contributed by atoms with Crippen molar-refractivity contribution < 1.29 is 4.79 Å². The number of H-pyrrole nitrogens is 1. The molecular weight excluding hydrogens is 230 g/mol. The molecule has 0 spiro atoms. The summed E-state index contributed by atoms with van der Waals surface area (Å²) in [4.78, 5) is 11.9. The van der Waals surface area contributed by atoms with E-state index in [0.29, 0.717) is 0 Å². The Morgan fingerprint density at radius 2 is 2.17 bits per heavy atom. The number of tetrazole rings is 1. The van der Waals surface area contributed by atoms with Gasteiger partial charge in [0.2, 0.25) is 0 Å². The van der Waals surface area contributed by atoms with E-state index in [-0.39, 0.29) is 17.8 Å². The summed E-state index contributed by atoms with van der Waals surface area (Å²) < 4.78 is 0. The average molecular weight is 245 g/mol. The van der Waals surface area contributed by atoms with Gasteiger partial charge in [0.15, 0.2) is 0 Å². The Morgan fingerprint density at radius 3 is 2.78 bits per heavy atom. The van der Waals surface area contributed by atoms with Crippen molar-refractivity contribution in [3.63, 3.8) is 0 Å². The normalized spacial score (nSPS) is 12.1. The number of hydrogen-bond acceptors (Lipinski definition) is 4. The molecule has 1 amide bonds. The summed E-state index contributed by atoms with van der Waals surface area (Å²) in [5.74, 6) is -0.252. The number of carbonyl (C=O) groups excluding carboxylic acids is 1. The molecule has 0 aliphatic carbocycles. The Hall–Kier alpha value is -2.24. The average Bonchev–Trinajstić information content (AvgIpc) is 2.93. The monoisotopic (exact) mass is 245 g/mol. The van der Waals surface area contributed by atoms with Crippen molar-refractivity contribution in [2.45, 2.75) is 25.8 Å². The van der Waals surface area contributed by atoms with Crippen molar-refractivity contribution in [3.8, 4) is 0 Å². The second kappa shape index (κ2) is 5.90. The van der Waals surface area contributed by atoms with E-state index >= 15 is 0 Å². The Balaban J connectivity index is 2.10. The van der Waals surface area contributed by atoms with Gasteiger partial charge in [0.1, 0.15) is 0 Å². The highest BCUT2D eigenvalue weighted by atomic mass is 16.2. The molecule has 2 aromatic rings. The smallest absolute Gasteiger partial charge is 0.293 e. The van der Waals surface area contributed by atoms with Crippen molar-refractivity contribution in [2.24, 2.45) is 0 Å². The standard InChI is InChI=1S/C12H15N5O/c1-2-6-10(9-7-4-3-5-8-9)13-12(18)11-14-16-17-15-11/h3-5,7-8,10H,2,6H2,1H3,(H,13,18)(H,14,15,16,17). The van der Waals surface area contributed by atoms with Crippen LogP contribution in [0.15, 0.2) is 30.3 Å². The van der Waals surface area contributed by atoms with Crippen LogP contribution in [0.25, 0.3) is 0 Å². The highest BCUT2D eigenvalue weighted by molar-refractivity contribution is 5.90. The van der Waals surface area contributed by atoms with Crippen LogP contribution in [0, 0.1) is 0 Å². The zero-order chi connectivity index (χ0) is 12.8. The first-order chi connectivity index (χ1) is 8.81. The molecule has 1 aromatic heterocycles. The predicted octanol–water partition coefficient (Wildman–Crippen LogP) is 1.47. The molecule has 2 N–H and O–H groups in total. The topological polar surface area (TPSA) is 83.6 Å². The summed E-state index contributed by atoms with van der Waals surface area (Å²) in [5, 5.41) is 15.9. The number of carbonyl (C=O) groups is 1. The molecule has 1 aromatic carbocycles. The SMILES string of the molecule is CCCC(NC(=O)c1nn[nH]n1)c1ccccc1. The molecule has 0 aliphatic rings. The molecule has 6 heteroatoms. The van der Waals surface area contributed by atoms with E-state index in [0.717, 1.165) is 18.4 Å². The first-order valence-electron chi connectivity index (χ1n) is 5.90. The summed E-state index contributed by atoms with van der Waals surface area (Å²) in [6, 6.07) is 9.83. The molecule has 94 valence electrons. The van der Waals surface area contributed by atoms with Crippen molar-refractivity contribution in [1.29, 1.82) is 0 Å². The van der Waals surface area contributed by atoms with Gasteiger partial charge >= 0.3 is 0 Å². The number of amides is 1. The Kier molecular flexibility index (Phi) is 4.01. The third-order valence-electron chi connectivity index (χ3n) is 2.63. The van der Waals surface area contributed by atoms with Crippen molar-refractivity contribution >= 4 is 5.91 Å². The molecule has 0 fully saturated rings. The van der Waals surface area contributed by atoms with Crippen molar-refractivity contribution in [3.05, 3.63) is 41.7 Å². The molecule has 0 radical (unpaired) electrons. The minimum Gasteiger partial charge on any atom is -0.342 e. The third-order valence-corrected chi connectivity index (χ3v) is 2.63. The zero-order valence-corrected chi connectivity index (χ0v) is 10.1. The molecule has 0 saturated carbocycles. The molecule has 2 rings (SSSR count). The number of aromatic nitrogens is 4. The van der Waals surface area contributed by atoms with Crippen LogP contribution in [-0.4, -0.2) is 26.5 Å². The fourth-order valence-electron chi connectivity index (χ4n) is 1.78. The van der Waals surface area contributed by atoms with Gasteiger partial charge in [-0.15, -0.1) is 10.2 Å². The van der Waals surface area contributed by atoms with E-state index in [1.807, 2.05) is 30.3 Å². The number of nitrogens with zero attached hydrogens (tertiary/aromatic N) is 3. The van der Waals surface area contributed by atoms with Crippen LogP contribution in [-0.2, 0) is 0 Å². The van der Waals surface area contributed by atoms with Crippen LogP contribution < -0.4 is 5.32 Å². The zero-order valence-electron chi connectivity index (χ0n) is 10.1. The number of rotatable bonds is 5. The van der Waals surface area contributed by atoms with Gasteiger partial charge in [0.25, 0.3) is 11.7 Å². The molecule has 18 heavy (non-hydrogen) atoms. The highest BCUT2D eigenvalue weighted by Crippen LogP contribution is 2.18. The molecule has 0 saturated heterocycles. The van der Waals surface area contributed by atoms with E-state index in [1.165, 1.54) is 0 Å². The Bertz CT molecular complexity index is 482. The number of aromatic amines is 1. The van der Waals surface area contributed by atoms with E-state index in [4.69, 9.17) is 0 Å². The van der Waals surface area contributed by atoms with E-state index < -0.39 is 0 Å². The van der Waals surface area contributed by atoms with Crippen molar-refractivity contribution in [1.82, 2.24) is 25.9 Å². The quantitative estimate of drug-likeness (QED) is 0.835. The maximum absolute atomic E-state index is 11.9. The van der Waals surface area contributed by atoms with Gasteiger partial charge in [0.05, 0.1) is 6.04 Å². The Morgan fingerprint density at radius 1 is 1.39 bits per heavy atom. The lowest BCUT2D eigenvalue weighted by Gasteiger charge is -2.17. The molecule has 1 unspecified atom stereocenters. The lowest BCUT2D eigenvalue weighted by molar-refractivity contribution is 0.0924. The molecular formula is C12H15N5O. The van der Waals surface area contributed by atoms with Crippen LogP contribution in [0.1, 0.15) is 42.0 Å². The maximum Gasteiger partial charge on any atom is 0.293 e. The molecule has 0 aliphatic heterocycles. The Labute approximate surface area is 105 Å². The lowest BCUT2D eigenvalue weighted by atomic mass is 10.0. The summed E-state index contributed by atoms with van der Waals surface area (Å²) in [7, 11) is 0. The van der Waals surface area contributed by atoms with Crippen molar-refractivity contribution in [2.75, 3.05) is 0 Å². The van der Waals surface area contributed by atoms with E-state index in [1.54, 1.807) is 0 Å². The summed E-state index contributed by atoms with van der Waals surface area (Å²) >= 11 is 0. The molecule has 1 heterocycles. The van der Waals surface area contributed by atoms with Gasteiger partial charge in [-0.25, -0.2) is 0 Å². The minimum absolute atomic E-state index is 0.0257. The fraction of sp³-hybridized carbons (Fsp3) is 0.333. The van der Waals surface area contributed by atoms with Gasteiger partial charge in [-0.2, -0.15) is 5.21 Å². The first kappa shape index (κ1) is 12.2. The van der Waals surface area contributed by atoms with Gasteiger partial charge in [0, 0.05) is 0 Å². The number of benzene rings is 1. The van der Waals surface area contributed by atoms with Crippen LogP contribution >= 0.6 is 0 Å². The van der Waals surface area contributed by atoms with Crippen LogP contribution in [0.3, 0.4) is 0 Å². The second-order valence-corrected chi connectivity index (χ2v) is 3.96. The van der Waals surface area contributed by atoms with Crippen LogP contribution in [0.4, 0.5) is 0 Å². The highest BCUT2D eigenvalue weighted by Gasteiger charge is 2.17. The molecule has 1 atom stereocenters. The first-order valence-corrected chi connectivity index (χ1v) is 5.90. The largest absolute Gasteiger partial charge is 0.342 e. The third kappa shape index (κ3) is 2.91. The van der Waals surface area contributed by atoms with Gasteiger partial charge in [-0.1, -0.05) is 43.7 Å². The second-order valence-electron chi connectivity index (χ2n) is 3.96. The van der Waals surface area contributed by atoms with Crippen LogP contribution in [0.5, 0.6) is 0 Å². The molecule has 6 nitrogen and oxygen atoms in total. The lowest BCUT2D eigenvalue weighted by Crippen LogP contribution is -2.29. The fourth-order valence-corrected chi connectivity index (χ4v) is 1.78. The number of hydrogen-bond donors (Lipinski definition) is 2. The van der Waals surface area contributed by atoms with Gasteiger partial charge in [-0.05, 0) is 17.2 Å². The van der Waals surface area contributed by atoms with Gasteiger partial charge in [-0.3, -0.25) is 4.79 Å². The summed E-state index contributed by atoms with van der Waals surface area (Å²) in [6.45, 7) is 2.08. The van der Waals surface area contributed by atoms with Crippen LogP contribution in [0.2, 0.25) is 0 Å². The van der Waals surface area contributed by atoms with E-state index in [9.17, 15) is 4.79 Å². The minimum atomic E-state index is -0.314. The number of nitrogens with one attached hydrogen (secondary N) is 2. The molecule has 0 bridgehead atoms. The summed E-state index contributed by atoms with van der Waals surface area (Å²) in [6.07, 6.45) is 1.85. The van der Waals surface area contributed by atoms with Gasteiger partial charge < -0.3 is 5.32 Å². The van der Waals surface area contributed by atoms with E-state index in [2.05, 4.69) is 32.9 Å². The maximum atomic E-state index is 11.9. The predicted molar refractivity (Wildman–Crippen MR) is 65.7 cm³/mol. The summed E-state index contributed by atoms with van der Waals surface area (Å²) in [5.41, 5.74) is 1.08.